The highest BCUT2D eigenvalue weighted by atomic mass is 32.1. The molecule has 146 valence electrons. The molecule has 0 aromatic carbocycles. The molecule has 27 heavy (non-hydrogen) atoms. The minimum absolute atomic E-state index is 0.0876. The lowest BCUT2D eigenvalue weighted by molar-refractivity contribution is -0.126. The molecule has 2 aromatic rings. The second-order valence-electron chi connectivity index (χ2n) is 7.57. The first-order valence-electron chi connectivity index (χ1n) is 9.64. The normalized spacial score (nSPS) is 26.1. The van der Waals surface area contributed by atoms with Crippen molar-refractivity contribution in [2.75, 3.05) is 7.05 Å². The molecule has 2 aliphatic rings. The van der Waals surface area contributed by atoms with E-state index in [4.69, 9.17) is 10.5 Å². The Labute approximate surface area is 162 Å². The second kappa shape index (κ2) is 7.69. The average molecular weight is 391 g/mol. The number of amides is 1. The van der Waals surface area contributed by atoms with E-state index in [-0.39, 0.29) is 12.0 Å². The monoisotopic (exact) mass is 390 g/mol. The van der Waals surface area contributed by atoms with Crippen LogP contribution < -0.4 is 15.8 Å². The number of fused-ring (bicyclic) bond motifs is 3. The van der Waals surface area contributed by atoms with Crippen LogP contribution in [-0.4, -0.2) is 46.3 Å². The molecule has 2 aromatic heterocycles. The maximum Gasteiger partial charge on any atom is 0.246 e. The van der Waals surface area contributed by atoms with E-state index in [0.717, 1.165) is 54.3 Å². The molecule has 7 nitrogen and oxygen atoms in total. The lowest BCUT2D eigenvalue weighted by Gasteiger charge is -2.28. The van der Waals surface area contributed by atoms with Gasteiger partial charge in [-0.15, -0.1) is 11.3 Å². The number of thiophene rings is 1. The van der Waals surface area contributed by atoms with Crippen molar-refractivity contribution in [3.8, 4) is 5.88 Å². The highest BCUT2D eigenvalue weighted by molar-refractivity contribution is 7.19. The van der Waals surface area contributed by atoms with Crippen molar-refractivity contribution in [1.29, 1.82) is 0 Å². The van der Waals surface area contributed by atoms with Crippen molar-refractivity contribution >= 4 is 27.5 Å². The lowest BCUT2D eigenvalue weighted by atomic mass is 9.93. The molecule has 1 saturated carbocycles. The third-order valence-corrected chi connectivity index (χ3v) is 7.07. The van der Waals surface area contributed by atoms with E-state index >= 15 is 0 Å². The molecule has 4 N–H and O–H groups in total. The number of aliphatic hydroxyl groups excluding tert-OH is 1. The standard InChI is InChI=1S/C19H26N4O3S/c1-21-11-3-5-12(6-4-11)26-18-16-15-10(8-13(24)17(20)25)2-7-14(15)27-19(16)23-9-22-18/h9-13,21,24H,2-8H2,1H3,(H2,20,25)/t10-,11?,12?,13+/m1/s1. The second-order valence-corrected chi connectivity index (χ2v) is 8.65. The smallest absolute Gasteiger partial charge is 0.246 e. The summed E-state index contributed by atoms with van der Waals surface area (Å²) in [6.45, 7) is 0. The van der Waals surface area contributed by atoms with Gasteiger partial charge in [-0.25, -0.2) is 9.97 Å². The van der Waals surface area contributed by atoms with Gasteiger partial charge >= 0.3 is 0 Å². The fourth-order valence-electron chi connectivity index (χ4n) is 4.38. The number of aliphatic hydroxyl groups is 1. The Bertz CT molecular complexity index is 832. The molecule has 2 heterocycles. The molecule has 1 fully saturated rings. The SMILES string of the molecule is CNC1CCC(Oc2ncnc3sc4c(c23)[C@@H](C[C@H](O)C(N)=O)CC4)CC1. The van der Waals surface area contributed by atoms with E-state index in [1.807, 2.05) is 7.05 Å². The number of aryl methyl sites for hydroxylation is 1. The molecule has 0 unspecified atom stereocenters. The van der Waals surface area contributed by atoms with Crippen LogP contribution >= 0.6 is 11.3 Å². The number of hydrogen-bond acceptors (Lipinski definition) is 7. The van der Waals surface area contributed by atoms with Crippen LogP contribution in [0.5, 0.6) is 5.88 Å². The first-order valence-corrected chi connectivity index (χ1v) is 10.5. The molecule has 4 rings (SSSR count). The third kappa shape index (κ3) is 3.66. The third-order valence-electron chi connectivity index (χ3n) is 5.89. The minimum atomic E-state index is -1.12. The first-order chi connectivity index (χ1) is 13.1. The number of hydrogen-bond donors (Lipinski definition) is 3. The molecule has 0 saturated heterocycles. The Morgan fingerprint density at radius 3 is 2.85 bits per heavy atom. The maximum absolute atomic E-state index is 11.3. The summed E-state index contributed by atoms with van der Waals surface area (Å²) in [5, 5.41) is 14.3. The van der Waals surface area contributed by atoms with Crippen LogP contribution in [0.1, 0.15) is 54.9 Å². The van der Waals surface area contributed by atoms with Gasteiger partial charge in [0, 0.05) is 10.9 Å². The number of carbonyl (C=O) groups excluding carboxylic acids is 1. The number of nitrogens with zero attached hydrogens (tertiary/aromatic N) is 2. The number of nitrogens with two attached hydrogens (primary N) is 1. The summed E-state index contributed by atoms with van der Waals surface area (Å²) in [6.07, 6.45) is 7.00. The molecular weight excluding hydrogens is 364 g/mol. The van der Waals surface area contributed by atoms with Crippen molar-refractivity contribution in [1.82, 2.24) is 15.3 Å². The Morgan fingerprint density at radius 2 is 2.15 bits per heavy atom. The summed E-state index contributed by atoms with van der Waals surface area (Å²) in [6, 6.07) is 0.570. The molecule has 0 aliphatic heterocycles. The van der Waals surface area contributed by atoms with Crippen LogP contribution in [0, 0.1) is 0 Å². The summed E-state index contributed by atoms with van der Waals surface area (Å²) >= 11 is 1.67. The average Bonchev–Trinajstić information content (AvgIpc) is 3.22. The van der Waals surface area contributed by atoms with E-state index in [2.05, 4.69) is 15.3 Å². The number of aromatic nitrogens is 2. The highest BCUT2D eigenvalue weighted by Crippen LogP contribution is 2.47. The molecule has 2 atom stereocenters. The predicted octanol–water partition coefficient (Wildman–Crippen LogP) is 1.87. The molecule has 8 heteroatoms. The number of rotatable bonds is 6. The summed E-state index contributed by atoms with van der Waals surface area (Å²) in [5.74, 6) is 0.0625. The molecule has 0 radical (unpaired) electrons. The van der Waals surface area contributed by atoms with Gasteiger partial charge in [0.1, 0.15) is 23.4 Å². The molecule has 0 spiro atoms. The zero-order chi connectivity index (χ0) is 19.0. The van der Waals surface area contributed by atoms with Crippen LogP contribution in [0.2, 0.25) is 0 Å². The van der Waals surface area contributed by atoms with Crippen LogP contribution in [0.3, 0.4) is 0 Å². The zero-order valence-electron chi connectivity index (χ0n) is 15.5. The van der Waals surface area contributed by atoms with Gasteiger partial charge in [-0.2, -0.15) is 0 Å². The Kier molecular flexibility index (Phi) is 5.29. The van der Waals surface area contributed by atoms with Gasteiger partial charge in [0.05, 0.1) is 5.39 Å². The summed E-state index contributed by atoms with van der Waals surface area (Å²) in [5.41, 5.74) is 6.41. The lowest BCUT2D eigenvalue weighted by Crippen LogP contribution is -2.34. The van der Waals surface area contributed by atoms with Crippen molar-refractivity contribution in [2.45, 2.75) is 69.1 Å². The largest absolute Gasteiger partial charge is 0.474 e. The van der Waals surface area contributed by atoms with E-state index in [1.165, 1.54) is 4.88 Å². The maximum atomic E-state index is 11.3. The minimum Gasteiger partial charge on any atom is -0.474 e. The Morgan fingerprint density at radius 1 is 1.37 bits per heavy atom. The highest BCUT2D eigenvalue weighted by Gasteiger charge is 2.33. The number of primary amides is 1. The van der Waals surface area contributed by atoms with Crippen LogP contribution in [0.15, 0.2) is 6.33 Å². The van der Waals surface area contributed by atoms with Gasteiger partial charge in [0.25, 0.3) is 0 Å². The van der Waals surface area contributed by atoms with Crippen molar-refractivity contribution in [2.24, 2.45) is 5.73 Å². The van der Waals surface area contributed by atoms with Gasteiger partial charge in [0.2, 0.25) is 11.8 Å². The number of nitrogens with one attached hydrogen (secondary N) is 1. The van der Waals surface area contributed by atoms with Gasteiger partial charge in [-0.1, -0.05) is 0 Å². The van der Waals surface area contributed by atoms with E-state index in [0.29, 0.717) is 18.3 Å². The Hall–Kier alpha value is -1.77. The topological polar surface area (TPSA) is 110 Å². The number of carbonyl (C=O) groups is 1. The van der Waals surface area contributed by atoms with E-state index in [9.17, 15) is 9.90 Å². The summed E-state index contributed by atoms with van der Waals surface area (Å²) in [7, 11) is 2.01. The quantitative estimate of drug-likeness (QED) is 0.694. The van der Waals surface area contributed by atoms with Crippen molar-refractivity contribution in [3.63, 3.8) is 0 Å². The molecule has 1 amide bonds. The van der Waals surface area contributed by atoms with Gasteiger partial charge < -0.3 is 20.9 Å². The van der Waals surface area contributed by atoms with Crippen LogP contribution in [0.4, 0.5) is 0 Å². The predicted molar refractivity (Wildman–Crippen MR) is 104 cm³/mol. The van der Waals surface area contributed by atoms with Crippen molar-refractivity contribution in [3.05, 3.63) is 16.8 Å². The van der Waals surface area contributed by atoms with Gasteiger partial charge in [-0.05, 0) is 63.5 Å². The summed E-state index contributed by atoms with van der Waals surface area (Å²) < 4.78 is 6.32. The zero-order valence-corrected chi connectivity index (χ0v) is 16.3. The molecule has 2 aliphatic carbocycles. The first kappa shape index (κ1) is 18.6. The fourth-order valence-corrected chi connectivity index (χ4v) is 5.61. The van der Waals surface area contributed by atoms with Crippen molar-refractivity contribution < 1.29 is 14.6 Å². The van der Waals surface area contributed by atoms with E-state index in [1.54, 1.807) is 17.7 Å². The van der Waals surface area contributed by atoms with Crippen LogP contribution in [0.25, 0.3) is 10.2 Å². The van der Waals surface area contributed by atoms with Gasteiger partial charge in [-0.3, -0.25) is 4.79 Å². The molecule has 0 bridgehead atoms. The Balaban J connectivity index is 1.60. The van der Waals surface area contributed by atoms with Crippen LogP contribution in [-0.2, 0) is 11.2 Å². The van der Waals surface area contributed by atoms with Gasteiger partial charge in [0.15, 0.2) is 0 Å². The summed E-state index contributed by atoms with van der Waals surface area (Å²) in [4.78, 5) is 22.4. The molecular formula is C19H26N4O3S. The fraction of sp³-hybridized carbons (Fsp3) is 0.632. The van der Waals surface area contributed by atoms with E-state index < -0.39 is 12.0 Å². The number of ether oxygens (including phenoxy) is 1.